The number of amides is 1. The molecule has 0 aromatic rings. The Labute approximate surface area is 107 Å². The summed E-state index contributed by atoms with van der Waals surface area (Å²) < 4.78 is 0. The number of hydrogen-bond donors (Lipinski definition) is 3. The summed E-state index contributed by atoms with van der Waals surface area (Å²) in [4.78, 5) is 26.3. The van der Waals surface area contributed by atoms with Gasteiger partial charge < -0.3 is 16.2 Å². The van der Waals surface area contributed by atoms with Crippen LogP contribution in [-0.2, 0) is 9.59 Å². The van der Waals surface area contributed by atoms with Crippen molar-refractivity contribution in [1.82, 2.24) is 5.32 Å². The second-order valence-electron chi connectivity index (χ2n) is 4.51. The number of nitrogens with two attached hydrogens (primary N) is 1. The second kappa shape index (κ2) is 7.81. The molecule has 1 rings (SSSR count). The van der Waals surface area contributed by atoms with Crippen LogP contribution in [0.15, 0.2) is 4.99 Å². The maximum Gasteiger partial charge on any atom is 0.320 e. The Morgan fingerprint density at radius 3 is 2.89 bits per heavy atom. The predicted octanol–water partition coefficient (Wildman–Crippen LogP) is 0.308. The Morgan fingerprint density at radius 1 is 1.50 bits per heavy atom. The number of aliphatic imine (C=N–C) groups is 1. The molecule has 1 heterocycles. The standard InChI is InChI=1S/C12H21N3O3/c13-9(12(17)18)5-1-3-8-15-11(16)10-6-2-4-7-14-10/h7,9-10H,1-6,8,13H2,(H,15,16)(H,17,18)/t9-,10+/m0/s1. The summed E-state index contributed by atoms with van der Waals surface area (Å²) >= 11 is 0. The van der Waals surface area contributed by atoms with Gasteiger partial charge in [0.1, 0.15) is 12.1 Å². The maximum absolute atomic E-state index is 11.7. The van der Waals surface area contributed by atoms with E-state index in [2.05, 4.69) is 10.3 Å². The molecule has 6 nitrogen and oxygen atoms in total. The van der Waals surface area contributed by atoms with E-state index in [9.17, 15) is 9.59 Å². The van der Waals surface area contributed by atoms with E-state index in [0.717, 1.165) is 25.7 Å². The molecule has 0 radical (unpaired) electrons. The molecule has 0 spiro atoms. The van der Waals surface area contributed by atoms with Crippen LogP contribution in [0.1, 0.15) is 38.5 Å². The Hall–Kier alpha value is -1.43. The molecule has 1 aliphatic rings. The third-order valence-electron chi connectivity index (χ3n) is 2.96. The normalized spacial score (nSPS) is 20.4. The first-order valence-corrected chi connectivity index (χ1v) is 6.39. The lowest BCUT2D eigenvalue weighted by atomic mass is 10.1. The van der Waals surface area contributed by atoms with Gasteiger partial charge in [0.2, 0.25) is 5.91 Å². The number of nitrogens with zero attached hydrogens (tertiary/aromatic N) is 1. The average Bonchev–Trinajstić information content (AvgIpc) is 2.38. The molecular weight excluding hydrogens is 234 g/mol. The molecule has 0 fully saturated rings. The van der Waals surface area contributed by atoms with Crippen molar-refractivity contribution in [3.8, 4) is 0 Å². The average molecular weight is 255 g/mol. The molecule has 0 aliphatic carbocycles. The molecule has 0 saturated carbocycles. The van der Waals surface area contributed by atoms with E-state index in [1.807, 2.05) is 0 Å². The summed E-state index contributed by atoms with van der Waals surface area (Å²) in [7, 11) is 0. The van der Waals surface area contributed by atoms with Crippen molar-refractivity contribution < 1.29 is 14.7 Å². The highest BCUT2D eigenvalue weighted by molar-refractivity contribution is 5.83. The van der Waals surface area contributed by atoms with Crippen LogP contribution in [0.4, 0.5) is 0 Å². The number of aliphatic carboxylic acids is 1. The fourth-order valence-corrected chi connectivity index (χ4v) is 1.82. The number of rotatable bonds is 7. The summed E-state index contributed by atoms with van der Waals surface area (Å²) in [5, 5.41) is 11.4. The van der Waals surface area contributed by atoms with Crippen LogP contribution in [0.2, 0.25) is 0 Å². The minimum absolute atomic E-state index is 0.0338. The molecule has 0 aromatic carbocycles. The highest BCUT2D eigenvalue weighted by Gasteiger charge is 2.17. The number of carbonyl (C=O) groups excluding carboxylic acids is 1. The van der Waals surface area contributed by atoms with Gasteiger partial charge in [-0.25, -0.2) is 0 Å². The number of carbonyl (C=O) groups is 2. The van der Waals surface area contributed by atoms with Gasteiger partial charge in [-0.3, -0.25) is 14.6 Å². The number of carboxylic acid groups (broad SMARTS) is 1. The van der Waals surface area contributed by atoms with Crippen LogP contribution in [0, 0.1) is 0 Å². The van der Waals surface area contributed by atoms with Crippen molar-refractivity contribution in [2.24, 2.45) is 10.7 Å². The van der Waals surface area contributed by atoms with Gasteiger partial charge in [-0.15, -0.1) is 0 Å². The van der Waals surface area contributed by atoms with Crippen molar-refractivity contribution in [3.05, 3.63) is 0 Å². The van der Waals surface area contributed by atoms with Gasteiger partial charge in [0.15, 0.2) is 0 Å². The highest BCUT2D eigenvalue weighted by Crippen LogP contribution is 2.09. The van der Waals surface area contributed by atoms with E-state index in [1.54, 1.807) is 6.21 Å². The van der Waals surface area contributed by atoms with E-state index < -0.39 is 12.0 Å². The van der Waals surface area contributed by atoms with Crippen molar-refractivity contribution in [1.29, 1.82) is 0 Å². The summed E-state index contributed by atoms with van der Waals surface area (Å²) in [5.74, 6) is -1.01. The fourth-order valence-electron chi connectivity index (χ4n) is 1.82. The quantitative estimate of drug-likeness (QED) is 0.569. The fraction of sp³-hybridized carbons (Fsp3) is 0.750. The molecule has 4 N–H and O–H groups in total. The molecule has 0 bridgehead atoms. The van der Waals surface area contributed by atoms with E-state index in [1.165, 1.54) is 0 Å². The Balaban J connectivity index is 2.07. The predicted molar refractivity (Wildman–Crippen MR) is 68.6 cm³/mol. The summed E-state index contributed by atoms with van der Waals surface area (Å²) in [5.41, 5.74) is 5.37. The van der Waals surface area contributed by atoms with Crippen LogP contribution in [0.3, 0.4) is 0 Å². The molecule has 18 heavy (non-hydrogen) atoms. The number of hydrogen-bond acceptors (Lipinski definition) is 4. The van der Waals surface area contributed by atoms with E-state index in [0.29, 0.717) is 19.4 Å². The number of nitrogens with one attached hydrogen (secondary N) is 1. The van der Waals surface area contributed by atoms with E-state index >= 15 is 0 Å². The lowest BCUT2D eigenvalue weighted by Crippen LogP contribution is -2.35. The molecule has 0 unspecified atom stereocenters. The van der Waals surface area contributed by atoms with Gasteiger partial charge >= 0.3 is 5.97 Å². The van der Waals surface area contributed by atoms with Crippen LogP contribution < -0.4 is 11.1 Å². The van der Waals surface area contributed by atoms with Crippen molar-refractivity contribution >= 4 is 18.1 Å². The third kappa shape index (κ3) is 5.27. The molecule has 0 aromatic heterocycles. The first kappa shape index (κ1) is 14.6. The van der Waals surface area contributed by atoms with Gasteiger partial charge in [0.05, 0.1) is 0 Å². The molecule has 6 heteroatoms. The molecule has 0 saturated heterocycles. The van der Waals surface area contributed by atoms with Crippen LogP contribution in [0.25, 0.3) is 0 Å². The zero-order valence-corrected chi connectivity index (χ0v) is 10.5. The highest BCUT2D eigenvalue weighted by atomic mass is 16.4. The monoisotopic (exact) mass is 255 g/mol. The molecule has 1 aliphatic heterocycles. The van der Waals surface area contributed by atoms with Crippen LogP contribution in [0.5, 0.6) is 0 Å². The molecule has 102 valence electrons. The van der Waals surface area contributed by atoms with Gasteiger partial charge in [-0.1, -0.05) is 0 Å². The SMILES string of the molecule is N[C@@H](CCCCNC(=O)[C@H]1CCCC=N1)C(=O)O. The van der Waals surface area contributed by atoms with Crippen LogP contribution in [-0.4, -0.2) is 41.8 Å². The van der Waals surface area contributed by atoms with Crippen LogP contribution >= 0.6 is 0 Å². The largest absolute Gasteiger partial charge is 0.480 e. The Kier molecular flexibility index (Phi) is 6.35. The number of unbranched alkanes of at least 4 members (excludes halogenated alkanes) is 1. The van der Waals surface area contributed by atoms with Crippen molar-refractivity contribution in [2.45, 2.75) is 50.6 Å². The summed E-state index contributed by atoms with van der Waals surface area (Å²) in [6, 6.07) is -1.04. The first-order chi connectivity index (χ1) is 8.61. The Bertz CT molecular complexity index is 318. The van der Waals surface area contributed by atoms with E-state index in [-0.39, 0.29) is 11.9 Å². The maximum atomic E-state index is 11.7. The van der Waals surface area contributed by atoms with Crippen molar-refractivity contribution in [3.63, 3.8) is 0 Å². The first-order valence-electron chi connectivity index (χ1n) is 6.39. The van der Waals surface area contributed by atoms with E-state index in [4.69, 9.17) is 10.8 Å². The summed E-state index contributed by atoms with van der Waals surface area (Å²) in [6.45, 7) is 0.553. The molecule has 1 amide bonds. The smallest absolute Gasteiger partial charge is 0.320 e. The lowest BCUT2D eigenvalue weighted by molar-refractivity contribution is -0.138. The molecule has 2 atom stereocenters. The topological polar surface area (TPSA) is 105 Å². The van der Waals surface area contributed by atoms with Gasteiger partial charge in [-0.2, -0.15) is 0 Å². The Morgan fingerprint density at radius 2 is 2.28 bits per heavy atom. The van der Waals surface area contributed by atoms with Gasteiger partial charge in [0, 0.05) is 6.54 Å². The zero-order valence-electron chi connectivity index (χ0n) is 10.5. The molecular formula is C12H21N3O3. The number of carboxylic acids is 1. The van der Waals surface area contributed by atoms with Gasteiger partial charge in [-0.05, 0) is 44.7 Å². The van der Waals surface area contributed by atoms with Crippen molar-refractivity contribution in [2.75, 3.05) is 6.54 Å². The van der Waals surface area contributed by atoms with Gasteiger partial charge in [0.25, 0.3) is 0 Å². The minimum atomic E-state index is -0.976. The minimum Gasteiger partial charge on any atom is -0.480 e. The second-order valence-corrected chi connectivity index (χ2v) is 4.51. The zero-order chi connectivity index (χ0) is 13.4. The third-order valence-corrected chi connectivity index (χ3v) is 2.96. The lowest BCUT2D eigenvalue weighted by Gasteiger charge is -2.15. The summed E-state index contributed by atoms with van der Waals surface area (Å²) in [6.07, 6.45) is 6.45.